The van der Waals surface area contributed by atoms with Gasteiger partial charge in [-0.15, -0.1) is 0 Å². The zero-order chi connectivity index (χ0) is 13.5. The van der Waals surface area contributed by atoms with Crippen LogP contribution in [0.2, 0.25) is 0 Å². The number of aliphatic carboxylic acids is 1. The van der Waals surface area contributed by atoms with Crippen LogP contribution < -0.4 is 0 Å². The Hall–Kier alpha value is -1.10. The molecule has 1 rings (SSSR count). The molecule has 0 aliphatic heterocycles. The highest BCUT2D eigenvalue weighted by atomic mass is 16.5. The monoisotopic (exact) mass is 257 g/mol. The number of hydrogen-bond acceptors (Lipinski definition) is 3. The molecule has 1 aliphatic rings. The van der Waals surface area contributed by atoms with Crippen molar-refractivity contribution >= 4 is 11.9 Å². The fourth-order valence-corrected chi connectivity index (χ4v) is 2.43. The van der Waals surface area contributed by atoms with E-state index in [4.69, 9.17) is 9.84 Å². The highest BCUT2D eigenvalue weighted by molar-refractivity contribution is 5.81. The lowest BCUT2D eigenvalue weighted by Gasteiger charge is -2.24. The lowest BCUT2D eigenvalue weighted by atomic mass is 10.0. The Kier molecular flexibility index (Phi) is 6.12. The van der Waals surface area contributed by atoms with E-state index < -0.39 is 5.97 Å². The number of hydrogen-bond donors (Lipinski definition) is 1. The van der Waals surface area contributed by atoms with E-state index in [0.29, 0.717) is 45.6 Å². The second-order valence-corrected chi connectivity index (χ2v) is 4.66. The third-order valence-electron chi connectivity index (χ3n) is 3.53. The predicted octanol–water partition coefficient (Wildman–Crippen LogP) is 1.37. The van der Waals surface area contributed by atoms with Crippen LogP contribution >= 0.6 is 0 Å². The number of carbonyl (C=O) groups is 2. The minimum absolute atomic E-state index is 0.0842. The average Bonchev–Trinajstić information content (AvgIpc) is 2.83. The minimum Gasteiger partial charge on any atom is -0.481 e. The summed E-state index contributed by atoms with van der Waals surface area (Å²) in [6.07, 6.45) is 1.80. The molecule has 1 N–H and O–H groups in total. The van der Waals surface area contributed by atoms with E-state index in [1.165, 1.54) is 0 Å². The zero-order valence-corrected chi connectivity index (χ0v) is 11.2. The molecular formula is C13H23NO4. The Morgan fingerprint density at radius 3 is 2.44 bits per heavy atom. The maximum atomic E-state index is 12.2. The van der Waals surface area contributed by atoms with Crippen molar-refractivity contribution < 1.29 is 19.4 Å². The first-order valence-corrected chi connectivity index (χ1v) is 6.69. The third kappa shape index (κ3) is 3.98. The molecule has 1 fully saturated rings. The molecule has 0 saturated heterocycles. The standard InChI is InChI=1S/C13H23NO4/c1-3-14(7-8-18-4-2)12(15)10-5-6-11(9-10)13(16)17/h10-11H,3-9H2,1-2H3,(H,16,17)/t10-,11+/m1/s1. The highest BCUT2D eigenvalue weighted by Crippen LogP contribution is 2.32. The van der Waals surface area contributed by atoms with Gasteiger partial charge in [-0.3, -0.25) is 9.59 Å². The molecule has 1 saturated carbocycles. The normalized spacial score (nSPS) is 23.0. The van der Waals surface area contributed by atoms with Gasteiger partial charge in [0.2, 0.25) is 5.91 Å². The van der Waals surface area contributed by atoms with Gasteiger partial charge in [0.15, 0.2) is 0 Å². The minimum atomic E-state index is -0.775. The molecule has 0 spiro atoms. The fraction of sp³-hybridized carbons (Fsp3) is 0.846. The summed E-state index contributed by atoms with van der Waals surface area (Å²) in [5, 5.41) is 8.94. The molecule has 0 aromatic rings. The van der Waals surface area contributed by atoms with E-state index in [2.05, 4.69) is 0 Å². The second kappa shape index (κ2) is 7.36. The first-order chi connectivity index (χ1) is 8.60. The van der Waals surface area contributed by atoms with Crippen molar-refractivity contribution in [3.05, 3.63) is 0 Å². The number of carboxylic acids is 1. The van der Waals surface area contributed by atoms with Crippen molar-refractivity contribution in [2.24, 2.45) is 11.8 Å². The first kappa shape index (κ1) is 15.0. The zero-order valence-electron chi connectivity index (χ0n) is 11.2. The number of ether oxygens (including phenoxy) is 1. The van der Waals surface area contributed by atoms with Gasteiger partial charge < -0.3 is 14.7 Å². The maximum absolute atomic E-state index is 12.2. The van der Waals surface area contributed by atoms with Crippen molar-refractivity contribution in [1.82, 2.24) is 4.90 Å². The summed E-state index contributed by atoms with van der Waals surface area (Å²) in [5.74, 6) is -1.15. The van der Waals surface area contributed by atoms with Crippen LogP contribution in [0.15, 0.2) is 0 Å². The number of rotatable bonds is 7. The van der Waals surface area contributed by atoms with Gasteiger partial charge >= 0.3 is 5.97 Å². The number of likely N-dealkylation sites (N-methyl/N-ethyl adjacent to an activating group) is 1. The summed E-state index contributed by atoms with van der Waals surface area (Å²) >= 11 is 0. The number of nitrogens with zero attached hydrogens (tertiary/aromatic N) is 1. The average molecular weight is 257 g/mol. The summed E-state index contributed by atoms with van der Waals surface area (Å²) in [5.41, 5.74) is 0. The second-order valence-electron chi connectivity index (χ2n) is 4.66. The molecule has 0 radical (unpaired) electrons. The van der Waals surface area contributed by atoms with Crippen LogP contribution in [0.5, 0.6) is 0 Å². The molecule has 2 atom stereocenters. The summed E-state index contributed by atoms with van der Waals surface area (Å²) in [7, 11) is 0. The van der Waals surface area contributed by atoms with Gasteiger partial charge in [0, 0.05) is 25.6 Å². The predicted molar refractivity (Wildman–Crippen MR) is 67.2 cm³/mol. The van der Waals surface area contributed by atoms with E-state index in [0.717, 1.165) is 0 Å². The van der Waals surface area contributed by atoms with Gasteiger partial charge in [-0.1, -0.05) is 0 Å². The smallest absolute Gasteiger partial charge is 0.306 e. The van der Waals surface area contributed by atoms with Crippen molar-refractivity contribution in [1.29, 1.82) is 0 Å². The van der Waals surface area contributed by atoms with Crippen LogP contribution in [-0.4, -0.2) is 48.2 Å². The maximum Gasteiger partial charge on any atom is 0.306 e. The van der Waals surface area contributed by atoms with E-state index in [9.17, 15) is 9.59 Å². The van der Waals surface area contributed by atoms with E-state index in [1.54, 1.807) is 4.90 Å². The quantitative estimate of drug-likeness (QED) is 0.700. The summed E-state index contributed by atoms with van der Waals surface area (Å²) in [6.45, 7) is 6.30. The van der Waals surface area contributed by atoms with Gasteiger partial charge in [-0.2, -0.15) is 0 Å². The Labute approximate surface area is 108 Å². The number of carboxylic acid groups (broad SMARTS) is 1. The SMILES string of the molecule is CCOCCN(CC)C(=O)[C@@H]1CC[C@H](C(=O)O)C1. The molecule has 0 unspecified atom stereocenters. The molecule has 1 amide bonds. The Bertz CT molecular complexity index is 293. The molecule has 5 heteroatoms. The van der Waals surface area contributed by atoms with E-state index >= 15 is 0 Å². The van der Waals surface area contributed by atoms with Crippen LogP contribution in [0, 0.1) is 11.8 Å². The molecule has 0 heterocycles. The third-order valence-corrected chi connectivity index (χ3v) is 3.53. The van der Waals surface area contributed by atoms with Crippen LogP contribution in [-0.2, 0) is 14.3 Å². The van der Waals surface area contributed by atoms with Crippen molar-refractivity contribution in [2.45, 2.75) is 33.1 Å². The van der Waals surface area contributed by atoms with Crippen LogP contribution in [0.3, 0.4) is 0 Å². The molecule has 1 aliphatic carbocycles. The van der Waals surface area contributed by atoms with Gasteiger partial charge in [0.05, 0.1) is 12.5 Å². The first-order valence-electron chi connectivity index (χ1n) is 6.69. The van der Waals surface area contributed by atoms with Crippen LogP contribution in [0.1, 0.15) is 33.1 Å². The Balaban J connectivity index is 2.44. The van der Waals surface area contributed by atoms with Gasteiger partial charge in [-0.25, -0.2) is 0 Å². The molecule has 0 aromatic heterocycles. The van der Waals surface area contributed by atoms with E-state index in [-0.39, 0.29) is 17.7 Å². The molecule has 0 bridgehead atoms. The van der Waals surface area contributed by atoms with Crippen molar-refractivity contribution in [3.63, 3.8) is 0 Å². The Morgan fingerprint density at radius 1 is 1.28 bits per heavy atom. The lowest BCUT2D eigenvalue weighted by molar-refractivity contribution is -0.141. The lowest BCUT2D eigenvalue weighted by Crippen LogP contribution is -2.37. The molecule has 5 nitrogen and oxygen atoms in total. The van der Waals surface area contributed by atoms with Crippen LogP contribution in [0.4, 0.5) is 0 Å². The number of amides is 1. The van der Waals surface area contributed by atoms with Gasteiger partial charge in [0.1, 0.15) is 0 Å². The molecular weight excluding hydrogens is 234 g/mol. The topological polar surface area (TPSA) is 66.8 Å². The molecule has 18 heavy (non-hydrogen) atoms. The van der Waals surface area contributed by atoms with Crippen molar-refractivity contribution in [3.8, 4) is 0 Å². The summed E-state index contributed by atoms with van der Waals surface area (Å²) in [6, 6.07) is 0. The van der Waals surface area contributed by atoms with E-state index in [1.807, 2.05) is 13.8 Å². The van der Waals surface area contributed by atoms with Crippen molar-refractivity contribution in [2.75, 3.05) is 26.3 Å². The van der Waals surface area contributed by atoms with Crippen LogP contribution in [0.25, 0.3) is 0 Å². The summed E-state index contributed by atoms with van der Waals surface area (Å²) in [4.78, 5) is 24.9. The Morgan fingerprint density at radius 2 is 1.94 bits per heavy atom. The van der Waals surface area contributed by atoms with Gasteiger partial charge in [-0.05, 0) is 33.1 Å². The molecule has 104 valence electrons. The number of carbonyl (C=O) groups excluding carboxylic acids is 1. The fourth-order valence-electron chi connectivity index (χ4n) is 2.43. The molecule has 0 aromatic carbocycles. The largest absolute Gasteiger partial charge is 0.481 e. The van der Waals surface area contributed by atoms with Gasteiger partial charge in [0.25, 0.3) is 0 Å². The highest BCUT2D eigenvalue weighted by Gasteiger charge is 2.35. The summed E-state index contributed by atoms with van der Waals surface area (Å²) < 4.78 is 5.25.